The van der Waals surface area contributed by atoms with Crippen molar-refractivity contribution in [1.82, 2.24) is 14.9 Å². The van der Waals surface area contributed by atoms with Crippen molar-refractivity contribution >= 4 is 35.4 Å². The molecule has 124 valence electrons. The van der Waals surface area contributed by atoms with Gasteiger partial charge >= 0.3 is 0 Å². The van der Waals surface area contributed by atoms with E-state index in [1.165, 1.54) is 0 Å². The molecular weight excluding hydrogens is 367 g/mol. The molecule has 3 aromatic rings. The van der Waals surface area contributed by atoms with Crippen molar-refractivity contribution in [3.63, 3.8) is 0 Å². The summed E-state index contributed by atoms with van der Waals surface area (Å²) < 4.78 is 7.93. The highest BCUT2D eigenvalue weighted by Crippen LogP contribution is 2.23. The minimum Gasteiger partial charge on any atom is -0.489 e. The number of aromatic amines is 1. The van der Waals surface area contributed by atoms with Crippen LogP contribution in [-0.4, -0.2) is 14.9 Å². The first-order valence-electron chi connectivity index (χ1n) is 7.13. The zero-order chi connectivity index (χ0) is 16.9. The molecule has 0 aliphatic rings. The average Bonchev–Trinajstić information content (AvgIpc) is 3.00. The second-order valence-corrected chi connectivity index (χ2v) is 6.25. The predicted octanol–water partition coefficient (Wildman–Crippen LogP) is 4.57. The van der Waals surface area contributed by atoms with E-state index < -0.39 is 0 Å². The molecule has 0 fully saturated rings. The molecule has 0 amide bonds. The quantitative estimate of drug-likeness (QED) is 0.615. The fourth-order valence-corrected chi connectivity index (χ4v) is 2.52. The SMILES string of the molecule is S=c1[nH]ncn1NCc1ccc(OCc2ccc(Cl)c(Cl)c2)cc1. The second kappa shape index (κ2) is 7.70. The molecule has 2 N–H and O–H groups in total. The molecule has 24 heavy (non-hydrogen) atoms. The third-order valence-corrected chi connectivity index (χ3v) is 4.35. The minimum atomic E-state index is 0.429. The van der Waals surface area contributed by atoms with Crippen molar-refractivity contribution < 1.29 is 4.74 Å². The molecule has 0 spiro atoms. The van der Waals surface area contributed by atoms with Crippen molar-refractivity contribution in [2.45, 2.75) is 13.2 Å². The van der Waals surface area contributed by atoms with Crippen LogP contribution < -0.4 is 10.2 Å². The highest BCUT2D eigenvalue weighted by Gasteiger charge is 2.01. The summed E-state index contributed by atoms with van der Waals surface area (Å²) in [5.74, 6) is 0.782. The summed E-state index contributed by atoms with van der Waals surface area (Å²) in [6, 6.07) is 13.3. The Morgan fingerprint density at radius 2 is 1.83 bits per heavy atom. The van der Waals surface area contributed by atoms with Crippen LogP contribution in [0, 0.1) is 4.77 Å². The summed E-state index contributed by atoms with van der Waals surface area (Å²) in [5.41, 5.74) is 5.21. The first kappa shape index (κ1) is 16.8. The summed E-state index contributed by atoms with van der Waals surface area (Å²) in [6.07, 6.45) is 1.59. The van der Waals surface area contributed by atoms with Gasteiger partial charge in [0.2, 0.25) is 4.77 Å². The normalized spacial score (nSPS) is 10.6. The Balaban J connectivity index is 1.55. The van der Waals surface area contributed by atoms with E-state index in [-0.39, 0.29) is 0 Å². The van der Waals surface area contributed by atoms with Crippen LogP contribution in [0.3, 0.4) is 0 Å². The van der Waals surface area contributed by atoms with Crippen molar-refractivity contribution in [3.8, 4) is 5.75 Å². The first-order valence-corrected chi connectivity index (χ1v) is 8.30. The second-order valence-electron chi connectivity index (χ2n) is 5.05. The Morgan fingerprint density at radius 3 is 2.50 bits per heavy atom. The maximum absolute atomic E-state index is 5.99. The van der Waals surface area contributed by atoms with Crippen LogP contribution in [0.4, 0.5) is 0 Å². The zero-order valence-corrected chi connectivity index (χ0v) is 14.8. The first-order chi connectivity index (χ1) is 11.6. The van der Waals surface area contributed by atoms with Crippen molar-refractivity contribution in [3.05, 3.63) is 74.7 Å². The molecule has 1 aromatic heterocycles. The van der Waals surface area contributed by atoms with Crippen LogP contribution in [0.5, 0.6) is 5.75 Å². The van der Waals surface area contributed by atoms with Gasteiger partial charge in [0.1, 0.15) is 18.7 Å². The van der Waals surface area contributed by atoms with Gasteiger partial charge in [-0.15, -0.1) is 0 Å². The molecule has 0 atom stereocenters. The van der Waals surface area contributed by atoms with Gasteiger partial charge < -0.3 is 10.2 Å². The molecule has 0 radical (unpaired) electrons. The van der Waals surface area contributed by atoms with Gasteiger partial charge in [-0.05, 0) is 47.6 Å². The van der Waals surface area contributed by atoms with E-state index >= 15 is 0 Å². The highest BCUT2D eigenvalue weighted by atomic mass is 35.5. The highest BCUT2D eigenvalue weighted by molar-refractivity contribution is 7.71. The third-order valence-electron chi connectivity index (χ3n) is 3.32. The van der Waals surface area contributed by atoms with Gasteiger partial charge in [0.25, 0.3) is 0 Å². The maximum Gasteiger partial charge on any atom is 0.214 e. The van der Waals surface area contributed by atoms with E-state index in [2.05, 4.69) is 15.6 Å². The van der Waals surface area contributed by atoms with Gasteiger partial charge in [0.05, 0.1) is 16.6 Å². The number of rotatable bonds is 6. The van der Waals surface area contributed by atoms with Crippen molar-refractivity contribution in [1.29, 1.82) is 0 Å². The lowest BCUT2D eigenvalue weighted by Gasteiger charge is -2.09. The summed E-state index contributed by atoms with van der Waals surface area (Å²) in [5, 5.41) is 7.59. The Hall–Kier alpha value is -2.02. The smallest absolute Gasteiger partial charge is 0.214 e. The van der Waals surface area contributed by atoms with Gasteiger partial charge in [0, 0.05) is 0 Å². The van der Waals surface area contributed by atoms with E-state index in [1.807, 2.05) is 30.3 Å². The summed E-state index contributed by atoms with van der Waals surface area (Å²) >= 11 is 17.0. The number of H-pyrrole nitrogens is 1. The van der Waals surface area contributed by atoms with Gasteiger partial charge in [-0.1, -0.05) is 41.4 Å². The third kappa shape index (κ3) is 4.29. The number of ether oxygens (including phenoxy) is 1. The van der Waals surface area contributed by atoms with E-state index in [0.717, 1.165) is 16.9 Å². The lowest BCUT2D eigenvalue weighted by atomic mass is 10.2. The summed E-state index contributed by atoms with van der Waals surface area (Å²) in [7, 11) is 0. The van der Waals surface area contributed by atoms with Crippen LogP contribution in [0.15, 0.2) is 48.8 Å². The molecule has 3 rings (SSSR count). The van der Waals surface area contributed by atoms with Gasteiger partial charge in [0.15, 0.2) is 0 Å². The van der Waals surface area contributed by atoms with Crippen LogP contribution in [-0.2, 0) is 13.2 Å². The number of halogens is 2. The van der Waals surface area contributed by atoms with E-state index in [9.17, 15) is 0 Å². The summed E-state index contributed by atoms with van der Waals surface area (Å²) in [6.45, 7) is 1.06. The lowest BCUT2D eigenvalue weighted by Crippen LogP contribution is -2.13. The molecular formula is C16H14Cl2N4OS. The Labute approximate surface area is 154 Å². The molecule has 0 saturated carbocycles. The molecule has 1 heterocycles. The topological polar surface area (TPSA) is 54.9 Å². The lowest BCUT2D eigenvalue weighted by molar-refractivity contribution is 0.306. The number of aromatic nitrogens is 3. The molecule has 2 aromatic carbocycles. The van der Waals surface area contributed by atoms with E-state index in [1.54, 1.807) is 23.1 Å². The molecule has 0 bridgehead atoms. The van der Waals surface area contributed by atoms with E-state index in [0.29, 0.717) is 28.0 Å². The summed E-state index contributed by atoms with van der Waals surface area (Å²) in [4.78, 5) is 0. The Morgan fingerprint density at radius 1 is 1.08 bits per heavy atom. The number of benzene rings is 2. The Bertz CT molecular complexity index is 876. The molecule has 5 nitrogen and oxygen atoms in total. The number of hydrogen-bond acceptors (Lipinski definition) is 4. The number of nitrogens with one attached hydrogen (secondary N) is 2. The maximum atomic E-state index is 5.99. The molecule has 0 aliphatic carbocycles. The standard InChI is InChI=1S/C16H14Cl2N4OS/c17-14-6-3-12(7-15(14)18)9-23-13-4-1-11(2-5-13)8-20-22-10-19-21-16(22)24/h1-7,10,20H,8-9H2,(H,21,24). The van der Waals surface area contributed by atoms with Crippen LogP contribution >= 0.6 is 35.4 Å². The Kier molecular flexibility index (Phi) is 5.40. The average molecular weight is 381 g/mol. The van der Waals surface area contributed by atoms with Crippen molar-refractivity contribution in [2.24, 2.45) is 0 Å². The van der Waals surface area contributed by atoms with Gasteiger partial charge in [-0.3, -0.25) is 5.10 Å². The minimum absolute atomic E-state index is 0.429. The molecule has 8 heteroatoms. The predicted molar refractivity (Wildman–Crippen MR) is 97.7 cm³/mol. The fourth-order valence-electron chi connectivity index (χ4n) is 2.04. The fraction of sp³-hybridized carbons (Fsp3) is 0.125. The largest absolute Gasteiger partial charge is 0.489 e. The monoisotopic (exact) mass is 380 g/mol. The molecule has 0 aliphatic heterocycles. The van der Waals surface area contributed by atoms with Gasteiger partial charge in [-0.2, -0.15) is 5.10 Å². The number of nitrogens with zero attached hydrogens (tertiary/aromatic N) is 2. The van der Waals surface area contributed by atoms with Crippen LogP contribution in [0.2, 0.25) is 10.0 Å². The van der Waals surface area contributed by atoms with Gasteiger partial charge in [-0.25, -0.2) is 4.68 Å². The molecule has 0 unspecified atom stereocenters. The van der Waals surface area contributed by atoms with Crippen LogP contribution in [0.25, 0.3) is 0 Å². The number of hydrogen-bond donors (Lipinski definition) is 2. The molecule has 0 saturated heterocycles. The van der Waals surface area contributed by atoms with E-state index in [4.69, 9.17) is 40.2 Å². The zero-order valence-electron chi connectivity index (χ0n) is 12.5. The van der Waals surface area contributed by atoms with Crippen molar-refractivity contribution in [2.75, 3.05) is 5.43 Å². The van der Waals surface area contributed by atoms with Crippen LogP contribution in [0.1, 0.15) is 11.1 Å².